The van der Waals surface area contributed by atoms with Crippen LogP contribution in [0.25, 0.3) is 0 Å². The number of carboxylic acids is 1. The van der Waals surface area contributed by atoms with Crippen LogP contribution in [0.3, 0.4) is 0 Å². The van der Waals surface area contributed by atoms with Gasteiger partial charge in [-0.25, -0.2) is 4.79 Å². The van der Waals surface area contributed by atoms with Gasteiger partial charge in [-0.3, -0.25) is 9.78 Å². The van der Waals surface area contributed by atoms with Crippen LogP contribution in [0, 0.1) is 5.92 Å². The predicted octanol–water partition coefficient (Wildman–Crippen LogP) is 0.822. The number of nitrogens with two attached hydrogens (primary N) is 1. The van der Waals surface area contributed by atoms with Crippen LogP contribution in [-0.4, -0.2) is 28.0 Å². The summed E-state index contributed by atoms with van der Waals surface area (Å²) < 4.78 is 0. The van der Waals surface area contributed by atoms with Crippen molar-refractivity contribution in [3.63, 3.8) is 0 Å². The maximum Gasteiger partial charge on any atom is 0.326 e. The number of rotatable bonds is 6. The number of amides is 1. The minimum Gasteiger partial charge on any atom is -0.480 e. The van der Waals surface area contributed by atoms with Crippen molar-refractivity contribution in [2.24, 2.45) is 5.92 Å². The quantitative estimate of drug-likeness (QED) is 0.706. The lowest BCUT2D eigenvalue weighted by Crippen LogP contribution is -2.45. The molecule has 0 aromatic carbocycles. The van der Waals surface area contributed by atoms with Crippen LogP contribution in [0.15, 0.2) is 18.3 Å². The summed E-state index contributed by atoms with van der Waals surface area (Å²) in [7, 11) is 0. The van der Waals surface area contributed by atoms with Gasteiger partial charge in [0.25, 0.3) is 0 Å². The summed E-state index contributed by atoms with van der Waals surface area (Å²) in [4.78, 5) is 26.9. The first kappa shape index (κ1) is 14.9. The van der Waals surface area contributed by atoms with Gasteiger partial charge >= 0.3 is 5.97 Å². The van der Waals surface area contributed by atoms with Crippen molar-refractivity contribution in [2.75, 3.05) is 5.73 Å². The van der Waals surface area contributed by atoms with Crippen LogP contribution in [0.5, 0.6) is 0 Å². The molecule has 104 valence electrons. The zero-order chi connectivity index (χ0) is 14.4. The highest BCUT2D eigenvalue weighted by atomic mass is 16.4. The van der Waals surface area contributed by atoms with Gasteiger partial charge in [0.05, 0.1) is 18.3 Å². The maximum absolute atomic E-state index is 11.8. The fourth-order valence-corrected chi connectivity index (χ4v) is 1.61. The molecule has 0 saturated heterocycles. The minimum absolute atomic E-state index is 0.0422. The fraction of sp³-hybridized carbons (Fsp3) is 0.462. The summed E-state index contributed by atoms with van der Waals surface area (Å²) >= 11 is 0. The Morgan fingerprint density at radius 2 is 2.16 bits per heavy atom. The Hall–Kier alpha value is -2.11. The summed E-state index contributed by atoms with van der Waals surface area (Å²) in [5.74, 6) is -1.50. The molecule has 0 aliphatic heterocycles. The summed E-state index contributed by atoms with van der Waals surface area (Å²) in [6, 6.07) is 2.43. The number of aliphatic carboxylic acids is 1. The number of hydrogen-bond donors (Lipinski definition) is 3. The largest absolute Gasteiger partial charge is 0.480 e. The molecule has 1 rings (SSSR count). The first-order chi connectivity index (χ1) is 8.93. The molecule has 19 heavy (non-hydrogen) atoms. The number of anilines is 1. The topological polar surface area (TPSA) is 105 Å². The van der Waals surface area contributed by atoms with Crippen molar-refractivity contribution < 1.29 is 14.7 Å². The van der Waals surface area contributed by atoms with Crippen molar-refractivity contribution >= 4 is 17.6 Å². The highest BCUT2D eigenvalue weighted by Gasteiger charge is 2.25. The first-order valence-electron chi connectivity index (χ1n) is 6.16. The van der Waals surface area contributed by atoms with E-state index in [1.54, 1.807) is 19.1 Å². The number of carboxylic acid groups (broad SMARTS) is 1. The molecule has 0 saturated carbocycles. The van der Waals surface area contributed by atoms with Crippen LogP contribution >= 0.6 is 0 Å². The second kappa shape index (κ2) is 6.72. The van der Waals surface area contributed by atoms with Gasteiger partial charge in [0, 0.05) is 5.69 Å². The van der Waals surface area contributed by atoms with E-state index >= 15 is 0 Å². The molecule has 1 amide bonds. The summed E-state index contributed by atoms with van der Waals surface area (Å²) in [6.07, 6.45) is 2.18. The molecular weight excluding hydrogens is 246 g/mol. The average Bonchev–Trinajstić information content (AvgIpc) is 2.37. The monoisotopic (exact) mass is 265 g/mol. The molecule has 0 spiro atoms. The minimum atomic E-state index is -1.02. The molecule has 0 fully saturated rings. The summed E-state index contributed by atoms with van der Waals surface area (Å²) in [6.45, 7) is 3.68. The third-order valence-corrected chi connectivity index (χ3v) is 2.98. The molecule has 0 aliphatic carbocycles. The first-order valence-corrected chi connectivity index (χ1v) is 6.16. The van der Waals surface area contributed by atoms with E-state index in [1.807, 2.05) is 6.92 Å². The van der Waals surface area contributed by atoms with Crippen molar-refractivity contribution in [2.45, 2.75) is 32.7 Å². The highest BCUT2D eigenvalue weighted by Crippen LogP contribution is 2.08. The van der Waals surface area contributed by atoms with Gasteiger partial charge in [-0.1, -0.05) is 20.3 Å². The molecule has 1 aromatic heterocycles. The molecule has 1 heterocycles. The fourth-order valence-electron chi connectivity index (χ4n) is 1.61. The van der Waals surface area contributed by atoms with E-state index in [4.69, 9.17) is 10.8 Å². The van der Waals surface area contributed by atoms with Crippen LogP contribution in [0.2, 0.25) is 0 Å². The molecule has 6 nitrogen and oxygen atoms in total. The van der Waals surface area contributed by atoms with E-state index in [2.05, 4.69) is 10.3 Å². The number of carbonyl (C=O) groups is 2. The van der Waals surface area contributed by atoms with Gasteiger partial charge < -0.3 is 16.2 Å². The number of nitrogens with zero attached hydrogens (tertiary/aromatic N) is 1. The number of carbonyl (C=O) groups excluding carboxylic acids is 1. The Balaban J connectivity index is 2.62. The maximum atomic E-state index is 11.8. The number of hydrogen-bond acceptors (Lipinski definition) is 4. The van der Waals surface area contributed by atoms with Crippen LogP contribution < -0.4 is 11.1 Å². The van der Waals surface area contributed by atoms with Crippen LogP contribution in [0.1, 0.15) is 26.0 Å². The van der Waals surface area contributed by atoms with Gasteiger partial charge in [-0.15, -0.1) is 0 Å². The van der Waals surface area contributed by atoms with Gasteiger partial charge in [0.1, 0.15) is 6.04 Å². The van der Waals surface area contributed by atoms with Gasteiger partial charge in [-0.05, 0) is 18.1 Å². The Labute approximate surface area is 112 Å². The Morgan fingerprint density at radius 1 is 1.47 bits per heavy atom. The van der Waals surface area contributed by atoms with E-state index in [9.17, 15) is 9.59 Å². The Kier molecular flexibility index (Phi) is 5.29. The predicted molar refractivity (Wildman–Crippen MR) is 71.4 cm³/mol. The SMILES string of the molecule is CCC(C)C(NC(=O)Cc1ccc(N)cn1)C(=O)O. The number of nitrogens with one attached hydrogen (secondary N) is 1. The molecule has 0 bridgehead atoms. The Bertz CT molecular complexity index is 445. The molecule has 2 atom stereocenters. The molecule has 0 radical (unpaired) electrons. The summed E-state index contributed by atoms with van der Waals surface area (Å²) in [5.41, 5.74) is 6.57. The van der Waals surface area contributed by atoms with E-state index < -0.39 is 12.0 Å². The molecular formula is C13H19N3O3. The molecule has 6 heteroatoms. The van der Waals surface area contributed by atoms with Crippen LogP contribution in [0.4, 0.5) is 5.69 Å². The lowest BCUT2D eigenvalue weighted by atomic mass is 9.99. The standard InChI is InChI=1S/C13H19N3O3/c1-3-8(2)12(13(18)19)16-11(17)6-10-5-4-9(14)7-15-10/h4-5,7-8,12H,3,6,14H2,1-2H3,(H,16,17)(H,18,19). The molecule has 4 N–H and O–H groups in total. The molecule has 0 aliphatic rings. The van der Waals surface area contributed by atoms with Crippen LogP contribution in [-0.2, 0) is 16.0 Å². The van der Waals surface area contributed by atoms with Gasteiger partial charge in [0.15, 0.2) is 0 Å². The van der Waals surface area contributed by atoms with E-state index in [1.165, 1.54) is 6.20 Å². The number of pyridine rings is 1. The second-order valence-electron chi connectivity index (χ2n) is 4.53. The second-order valence-corrected chi connectivity index (χ2v) is 4.53. The van der Waals surface area contributed by atoms with Crippen molar-refractivity contribution in [1.82, 2.24) is 10.3 Å². The van der Waals surface area contributed by atoms with Gasteiger partial charge in [-0.2, -0.15) is 0 Å². The highest BCUT2D eigenvalue weighted by molar-refractivity contribution is 5.84. The lowest BCUT2D eigenvalue weighted by Gasteiger charge is -2.20. The van der Waals surface area contributed by atoms with Crippen molar-refractivity contribution in [3.05, 3.63) is 24.0 Å². The van der Waals surface area contributed by atoms with E-state index in [-0.39, 0.29) is 18.2 Å². The summed E-state index contributed by atoms with van der Waals surface area (Å²) in [5, 5.41) is 11.6. The third-order valence-electron chi connectivity index (χ3n) is 2.98. The Morgan fingerprint density at radius 3 is 2.63 bits per heavy atom. The van der Waals surface area contributed by atoms with E-state index in [0.29, 0.717) is 17.8 Å². The van der Waals surface area contributed by atoms with E-state index in [0.717, 1.165) is 0 Å². The smallest absolute Gasteiger partial charge is 0.326 e. The number of nitrogen functional groups attached to an aromatic ring is 1. The third kappa shape index (κ3) is 4.57. The molecule has 2 unspecified atom stereocenters. The zero-order valence-corrected chi connectivity index (χ0v) is 11.1. The van der Waals surface area contributed by atoms with Crippen molar-refractivity contribution in [1.29, 1.82) is 0 Å². The lowest BCUT2D eigenvalue weighted by molar-refractivity contribution is -0.143. The van der Waals surface area contributed by atoms with Crippen molar-refractivity contribution in [3.8, 4) is 0 Å². The number of aromatic nitrogens is 1. The normalized spacial score (nSPS) is 13.6. The molecule has 1 aromatic rings. The van der Waals surface area contributed by atoms with Gasteiger partial charge in [0.2, 0.25) is 5.91 Å². The average molecular weight is 265 g/mol. The zero-order valence-electron chi connectivity index (χ0n) is 11.1.